The molecule has 1 aromatic rings. The molecule has 0 atom stereocenters. The van der Waals surface area contributed by atoms with Gasteiger partial charge in [-0.2, -0.15) is 0 Å². The zero-order valence-corrected chi connectivity index (χ0v) is 13.3. The highest BCUT2D eigenvalue weighted by Crippen LogP contribution is 2.32. The van der Waals surface area contributed by atoms with E-state index in [9.17, 15) is 19.8 Å². The average molecular weight is 355 g/mol. The summed E-state index contributed by atoms with van der Waals surface area (Å²) in [5.41, 5.74) is 10.2. The maximum absolute atomic E-state index is 11.7. The van der Waals surface area contributed by atoms with Crippen molar-refractivity contribution in [3.8, 4) is 11.5 Å². The number of nitrogens with two attached hydrogens (primary N) is 2. The van der Waals surface area contributed by atoms with E-state index in [4.69, 9.17) is 11.5 Å². The Bertz CT molecular complexity index is 469. The maximum atomic E-state index is 11.7. The fourth-order valence-electron chi connectivity index (χ4n) is 1.51. The summed E-state index contributed by atoms with van der Waals surface area (Å²) in [6.45, 7) is 0.964. The lowest BCUT2D eigenvalue weighted by atomic mass is 10.1. The zero-order chi connectivity index (χ0) is 15.1. The van der Waals surface area contributed by atoms with Crippen LogP contribution in [0.2, 0.25) is 0 Å². The fourth-order valence-corrected chi connectivity index (χ4v) is 1.51. The van der Waals surface area contributed by atoms with E-state index in [0.717, 1.165) is 0 Å². The van der Waals surface area contributed by atoms with Crippen LogP contribution in [0.1, 0.15) is 20.7 Å². The number of aromatic hydroxyl groups is 2. The van der Waals surface area contributed by atoms with Gasteiger partial charge in [0, 0.05) is 26.2 Å². The summed E-state index contributed by atoms with van der Waals surface area (Å²) in [4.78, 5) is 23.3. The maximum Gasteiger partial charge on any atom is 0.255 e. The van der Waals surface area contributed by atoms with Crippen molar-refractivity contribution in [2.75, 3.05) is 26.2 Å². The van der Waals surface area contributed by atoms with E-state index < -0.39 is 23.3 Å². The minimum Gasteiger partial charge on any atom is -0.504 e. The van der Waals surface area contributed by atoms with Crippen LogP contribution in [-0.2, 0) is 0 Å². The summed E-state index contributed by atoms with van der Waals surface area (Å²) < 4.78 is 0. The Labute approximate surface area is 140 Å². The van der Waals surface area contributed by atoms with Crippen molar-refractivity contribution in [3.63, 3.8) is 0 Å². The first kappa shape index (κ1) is 22.5. The molecule has 1 aromatic carbocycles. The molecule has 0 aliphatic carbocycles. The van der Waals surface area contributed by atoms with Crippen molar-refractivity contribution in [1.82, 2.24) is 10.6 Å². The van der Waals surface area contributed by atoms with Crippen LogP contribution in [0, 0.1) is 0 Å². The predicted octanol–water partition coefficient (Wildman–Crippen LogP) is -0.682. The number of carbonyl (C=O) groups is 2. The van der Waals surface area contributed by atoms with Gasteiger partial charge >= 0.3 is 0 Å². The molecule has 0 aromatic heterocycles. The van der Waals surface area contributed by atoms with Gasteiger partial charge in [-0.25, -0.2) is 0 Å². The fraction of sp³-hybridized carbons (Fsp3) is 0.333. The quantitative estimate of drug-likeness (QED) is 0.372. The highest BCUT2D eigenvalue weighted by molar-refractivity contribution is 6.02. The van der Waals surface area contributed by atoms with Crippen LogP contribution in [0.3, 0.4) is 0 Å². The first-order valence-corrected chi connectivity index (χ1v) is 6.04. The smallest absolute Gasteiger partial charge is 0.255 e. The van der Waals surface area contributed by atoms with Crippen molar-refractivity contribution < 1.29 is 19.8 Å². The molecule has 2 amide bonds. The number of phenolic OH excluding ortho intramolecular Hbond substituents is 2. The minimum absolute atomic E-state index is 0. The SMILES string of the molecule is Cl.Cl.NCCNC(=O)c1ccc(C(=O)NCCN)c(O)c1O. The second-order valence-electron chi connectivity index (χ2n) is 3.95. The molecule has 0 bridgehead atoms. The molecule has 8 nitrogen and oxygen atoms in total. The monoisotopic (exact) mass is 354 g/mol. The Kier molecular flexibility index (Phi) is 11.2. The molecule has 0 fully saturated rings. The van der Waals surface area contributed by atoms with Gasteiger partial charge in [0.05, 0.1) is 11.1 Å². The standard InChI is InChI=1S/C12H18N4O4.2ClH/c13-3-5-15-11(19)7-1-2-8(10(18)9(7)17)12(20)16-6-4-14;;/h1-2,17-18H,3-6,13-14H2,(H,15,19)(H,16,20);2*1H. The number of hydrogen-bond acceptors (Lipinski definition) is 6. The van der Waals surface area contributed by atoms with Gasteiger partial charge in [-0.15, -0.1) is 24.8 Å². The van der Waals surface area contributed by atoms with Gasteiger partial charge < -0.3 is 32.3 Å². The summed E-state index contributed by atoms with van der Waals surface area (Å²) in [6, 6.07) is 2.50. The molecule has 0 heterocycles. The van der Waals surface area contributed by atoms with Crippen molar-refractivity contribution in [2.24, 2.45) is 11.5 Å². The third-order valence-corrected chi connectivity index (χ3v) is 2.50. The molecule has 0 saturated carbocycles. The minimum atomic E-state index is -0.653. The Hall–Kier alpha value is -1.74. The van der Waals surface area contributed by atoms with Gasteiger partial charge in [-0.3, -0.25) is 9.59 Å². The molecular weight excluding hydrogens is 335 g/mol. The summed E-state index contributed by atoms with van der Waals surface area (Å²) in [5, 5.41) is 24.4. The number of benzene rings is 1. The molecule has 0 radical (unpaired) electrons. The average Bonchev–Trinajstić information content (AvgIpc) is 2.44. The third-order valence-electron chi connectivity index (χ3n) is 2.50. The largest absolute Gasteiger partial charge is 0.504 e. The predicted molar refractivity (Wildman–Crippen MR) is 87.0 cm³/mol. The lowest BCUT2D eigenvalue weighted by molar-refractivity contribution is 0.0937. The molecule has 0 aliphatic heterocycles. The Morgan fingerprint density at radius 1 is 0.864 bits per heavy atom. The van der Waals surface area contributed by atoms with Crippen molar-refractivity contribution in [1.29, 1.82) is 0 Å². The first-order chi connectivity index (χ1) is 9.52. The van der Waals surface area contributed by atoms with Crippen LogP contribution in [0.4, 0.5) is 0 Å². The van der Waals surface area contributed by atoms with Gasteiger partial charge in [-0.1, -0.05) is 0 Å². The van der Waals surface area contributed by atoms with Crippen molar-refractivity contribution in [3.05, 3.63) is 23.3 Å². The van der Waals surface area contributed by atoms with E-state index in [1.54, 1.807) is 0 Å². The van der Waals surface area contributed by atoms with Crippen LogP contribution >= 0.6 is 24.8 Å². The Balaban J connectivity index is 0. The highest BCUT2D eigenvalue weighted by Gasteiger charge is 2.20. The molecule has 126 valence electrons. The topological polar surface area (TPSA) is 151 Å². The number of rotatable bonds is 6. The Morgan fingerprint density at radius 2 is 1.18 bits per heavy atom. The number of halogens is 2. The van der Waals surface area contributed by atoms with E-state index in [1.165, 1.54) is 12.1 Å². The second kappa shape index (κ2) is 10.9. The van der Waals surface area contributed by atoms with Crippen molar-refractivity contribution >= 4 is 36.6 Å². The van der Waals surface area contributed by atoms with Crippen LogP contribution < -0.4 is 22.1 Å². The van der Waals surface area contributed by atoms with Gasteiger partial charge in [0.1, 0.15) is 0 Å². The van der Waals surface area contributed by atoms with Crippen LogP contribution in [-0.4, -0.2) is 48.2 Å². The third kappa shape index (κ3) is 5.57. The van der Waals surface area contributed by atoms with E-state index in [0.29, 0.717) is 0 Å². The molecule has 8 N–H and O–H groups in total. The summed E-state index contributed by atoms with van der Waals surface area (Å²) in [7, 11) is 0. The molecule has 0 aliphatic rings. The number of carbonyl (C=O) groups excluding carboxylic acids is 2. The molecule has 1 rings (SSSR count). The second-order valence-corrected chi connectivity index (χ2v) is 3.95. The van der Waals surface area contributed by atoms with Crippen LogP contribution in [0.25, 0.3) is 0 Å². The number of amides is 2. The van der Waals surface area contributed by atoms with Crippen LogP contribution in [0.15, 0.2) is 12.1 Å². The Morgan fingerprint density at radius 3 is 1.45 bits per heavy atom. The molecule has 0 unspecified atom stereocenters. The van der Waals surface area contributed by atoms with E-state index in [2.05, 4.69) is 10.6 Å². The summed E-state index contributed by atoms with van der Waals surface area (Å²) in [5.74, 6) is -2.48. The summed E-state index contributed by atoms with van der Waals surface area (Å²) >= 11 is 0. The van der Waals surface area contributed by atoms with Crippen LogP contribution in [0.5, 0.6) is 11.5 Å². The molecule has 0 spiro atoms. The van der Waals surface area contributed by atoms with Gasteiger partial charge in [-0.05, 0) is 12.1 Å². The first-order valence-electron chi connectivity index (χ1n) is 6.04. The number of phenols is 2. The highest BCUT2D eigenvalue weighted by atomic mass is 35.5. The van der Waals surface area contributed by atoms with Gasteiger partial charge in [0.25, 0.3) is 11.8 Å². The van der Waals surface area contributed by atoms with Crippen molar-refractivity contribution in [2.45, 2.75) is 0 Å². The molecular formula is C12H20Cl2N4O4. The van der Waals surface area contributed by atoms with E-state index >= 15 is 0 Å². The molecule has 22 heavy (non-hydrogen) atoms. The zero-order valence-electron chi connectivity index (χ0n) is 11.7. The van der Waals surface area contributed by atoms with E-state index in [-0.39, 0.29) is 62.1 Å². The normalized spacial score (nSPS) is 9.18. The summed E-state index contributed by atoms with van der Waals surface area (Å²) in [6.07, 6.45) is 0. The van der Waals surface area contributed by atoms with Gasteiger partial charge in [0.15, 0.2) is 11.5 Å². The lowest BCUT2D eigenvalue weighted by Gasteiger charge is -2.10. The lowest BCUT2D eigenvalue weighted by Crippen LogP contribution is -2.30. The molecule has 10 heteroatoms. The van der Waals surface area contributed by atoms with Gasteiger partial charge in [0.2, 0.25) is 0 Å². The number of nitrogens with one attached hydrogen (secondary N) is 2. The number of hydrogen-bond donors (Lipinski definition) is 6. The van der Waals surface area contributed by atoms with E-state index in [1.807, 2.05) is 0 Å². The molecule has 0 saturated heterocycles.